The van der Waals surface area contributed by atoms with E-state index in [1.54, 1.807) is 14.2 Å². The monoisotopic (exact) mass is 341 g/mol. The van der Waals surface area contributed by atoms with Crippen molar-refractivity contribution in [1.82, 2.24) is 0 Å². The molecule has 0 bridgehead atoms. The summed E-state index contributed by atoms with van der Waals surface area (Å²) in [7, 11) is 3.30. The third-order valence-electron chi connectivity index (χ3n) is 4.89. The molecule has 25 heavy (non-hydrogen) atoms. The van der Waals surface area contributed by atoms with Crippen LogP contribution in [0.15, 0.2) is 42.5 Å². The van der Waals surface area contributed by atoms with Crippen LogP contribution in [0.2, 0.25) is 0 Å². The lowest BCUT2D eigenvalue weighted by Crippen LogP contribution is -3.16. The summed E-state index contributed by atoms with van der Waals surface area (Å²) in [6.07, 6.45) is 0.925. The van der Waals surface area contributed by atoms with Gasteiger partial charge in [-0.2, -0.15) is 0 Å². The first-order chi connectivity index (χ1) is 12.1. The molecule has 5 nitrogen and oxygen atoms in total. The minimum Gasteiger partial charge on any atom is -0.493 e. The maximum absolute atomic E-state index is 12.6. The molecule has 1 amide bonds. The molecule has 1 heterocycles. The number of quaternary nitrogens is 1. The van der Waals surface area contributed by atoms with Crippen LogP contribution in [0.4, 0.5) is 5.69 Å². The molecule has 0 spiro atoms. The van der Waals surface area contributed by atoms with Crippen molar-refractivity contribution in [3.05, 3.63) is 53.6 Å². The van der Waals surface area contributed by atoms with Gasteiger partial charge >= 0.3 is 0 Å². The van der Waals surface area contributed by atoms with Crippen molar-refractivity contribution >= 4 is 11.6 Å². The van der Waals surface area contributed by atoms with E-state index in [4.69, 9.17) is 9.47 Å². The smallest absolute Gasteiger partial charge is 0.282 e. The molecule has 2 atom stereocenters. The summed E-state index contributed by atoms with van der Waals surface area (Å²) < 4.78 is 10.8. The van der Waals surface area contributed by atoms with E-state index in [-0.39, 0.29) is 11.9 Å². The largest absolute Gasteiger partial charge is 0.493 e. The molecule has 1 aliphatic heterocycles. The number of carbonyl (C=O) groups excluding carboxylic acids is 1. The second kappa shape index (κ2) is 7.57. The van der Waals surface area contributed by atoms with Crippen molar-refractivity contribution in [2.24, 2.45) is 0 Å². The summed E-state index contributed by atoms with van der Waals surface area (Å²) in [6.45, 7) is 3.71. The summed E-state index contributed by atoms with van der Waals surface area (Å²) in [5.41, 5.74) is 3.33. The summed E-state index contributed by atoms with van der Waals surface area (Å²) in [5.74, 6) is 1.55. The van der Waals surface area contributed by atoms with Crippen molar-refractivity contribution in [3.8, 4) is 11.5 Å². The fraction of sp³-hybridized carbons (Fsp3) is 0.350. The number of para-hydroxylation sites is 1. The van der Waals surface area contributed by atoms with Gasteiger partial charge < -0.3 is 19.7 Å². The lowest BCUT2D eigenvalue weighted by molar-refractivity contribution is -0.929. The number of ether oxygens (including phenoxy) is 2. The molecule has 0 saturated heterocycles. The minimum absolute atomic E-state index is 0.0464. The van der Waals surface area contributed by atoms with Gasteiger partial charge in [0, 0.05) is 17.7 Å². The second-order valence-corrected chi connectivity index (χ2v) is 6.39. The molecule has 3 rings (SSSR count). The molecule has 2 N–H and O–H groups in total. The third kappa shape index (κ3) is 3.77. The van der Waals surface area contributed by atoms with E-state index < -0.39 is 0 Å². The molecule has 0 saturated carbocycles. The molecule has 2 aromatic carbocycles. The average molecular weight is 341 g/mol. The van der Waals surface area contributed by atoms with E-state index in [0.717, 1.165) is 36.7 Å². The van der Waals surface area contributed by atoms with E-state index in [9.17, 15) is 4.79 Å². The number of amides is 1. The Labute approximate surface area is 148 Å². The standard InChI is InChI=1S/C20H24N2O3/c1-14(20(23)21-17-7-5-4-6-8-17)22-10-9-15-11-18(24-2)19(25-3)12-16(15)13-22/h4-8,11-12,14H,9-10,13H2,1-3H3,(H,21,23)/p+1/t14-/m1/s1. The summed E-state index contributed by atoms with van der Waals surface area (Å²) >= 11 is 0. The van der Waals surface area contributed by atoms with E-state index in [2.05, 4.69) is 11.4 Å². The SMILES string of the molecule is COc1cc2c(cc1OC)C[NH+]([C@H](C)C(=O)Nc1ccccc1)CC2. The van der Waals surface area contributed by atoms with Crippen molar-refractivity contribution in [2.45, 2.75) is 25.9 Å². The molecule has 0 fully saturated rings. The van der Waals surface area contributed by atoms with Gasteiger partial charge in [-0.15, -0.1) is 0 Å². The number of hydrogen-bond acceptors (Lipinski definition) is 3. The fourth-order valence-corrected chi connectivity index (χ4v) is 3.32. The number of methoxy groups -OCH3 is 2. The van der Waals surface area contributed by atoms with E-state index >= 15 is 0 Å². The predicted octanol–water partition coefficient (Wildman–Crippen LogP) is 1.67. The Hall–Kier alpha value is -2.53. The van der Waals surface area contributed by atoms with Gasteiger partial charge in [0.15, 0.2) is 17.5 Å². The topological polar surface area (TPSA) is 52.0 Å². The van der Waals surface area contributed by atoms with Crippen molar-refractivity contribution in [1.29, 1.82) is 0 Å². The van der Waals surface area contributed by atoms with Gasteiger partial charge in [-0.05, 0) is 36.8 Å². The van der Waals surface area contributed by atoms with Crippen LogP contribution >= 0.6 is 0 Å². The van der Waals surface area contributed by atoms with Gasteiger partial charge in [-0.1, -0.05) is 18.2 Å². The number of nitrogens with one attached hydrogen (secondary N) is 2. The highest BCUT2D eigenvalue weighted by atomic mass is 16.5. The first-order valence-corrected chi connectivity index (χ1v) is 8.56. The molecular weight excluding hydrogens is 316 g/mol. The van der Waals surface area contributed by atoms with Crippen molar-refractivity contribution in [2.75, 3.05) is 26.1 Å². The van der Waals surface area contributed by atoms with Gasteiger partial charge in [-0.3, -0.25) is 4.79 Å². The Morgan fingerprint density at radius 1 is 1.08 bits per heavy atom. The second-order valence-electron chi connectivity index (χ2n) is 6.39. The van der Waals surface area contributed by atoms with Crippen LogP contribution in [-0.2, 0) is 17.8 Å². The Kier molecular flexibility index (Phi) is 5.24. The highest BCUT2D eigenvalue weighted by Gasteiger charge is 2.30. The first kappa shape index (κ1) is 17.3. The van der Waals surface area contributed by atoms with Crippen LogP contribution < -0.4 is 19.7 Å². The number of rotatable bonds is 5. The number of benzene rings is 2. The zero-order valence-corrected chi connectivity index (χ0v) is 15.0. The highest BCUT2D eigenvalue weighted by molar-refractivity contribution is 5.93. The molecule has 132 valence electrons. The zero-order chi connectivity index (χ0) is 17.8. The Balaban J connectivity index is 1.72. The van der Waals surface area contributed by atoms with Crippen molar-refractivity contribution in [3.63, 3.8) is 0 Å². The highest BCUT2D eigenvalue weighted by Crippen LogP contribution is 2.31. The van der Waals surface area contributed by atoms with Crippen LogP contribution in [0.1, 0.15) is 18.1 Å². The molecule has 1 aliphatic rings. The molecule has 2 aromatic rings. The van der Waals surface area contributed by atoms with Gasteiger partial charge in [-0.25, -0.2) is 0 Å². The Morgan fingerprint density at radius 2 is 1.72 bits per heavy atom. The van der Waals surface area contributed by atoms with Gasteiger partial charge in [0.05, 0.1) is 20.8 Å². The number of hydrogen-bond donors (Lipinski definition) is 2. The normalized spacial score (nSPS) is 17.3. The molecule has 0 aliphatic carbocycles. The van der Waals surface area contributed by atoms with Crippen LogP contribution in [0.5, 0.6) is 11.5 Å². The van der Waals surface area contributed by atoms with Crippen LogP contribution in [0.25, 0.3) is 0 Å². The van der Waals surface area contributed by atoms with Crippen LogP contribution in [0, 0.1) is 0 Å². The Bertz CT molecular complexity index is 746. The molecule has 5 heteroatoms. The number of anilines is 1. The van der Waals surface area contributed by atoms with E-state index in [1.807, 2.05) is 43.3 Å². The number of carbonyl (C=O) groups is 1. The fourth-order valence-electron chi connectivity index (χ4n) is 3.32. The van der Waals surface area contributed by atoms with E-state index in [1.165, 1.54) is 16.0 Å². The molecule has 0 radical (unpaired) electrons. The lowest BCUT2D eigenvalue weighted by Gasteiger charge is -2.30. The van der Waals surface area contributed by atoms with Crippen LogP contribution in [-0.4, -0.2) is 32.7 Å². The average Bonchev–Trinajstić information content (AvgIpc) is 2.66. The summed E-state index contributed by atoms with van der Waals surface area (Å²) in [6, 6.07) is 13.6. The predicted molar refractivity (Wildman–Crippen MR) is 97.3 cm³/mol. The van der Waals surface area contributed by atoms with Gasteiger partial charge in [0.2, 0.25) is 0 Å². The number of fused-ring (bicyclic) bond motifs is 1. The quantitative estimate of drug-likeness (QED) is 0.870. The third-order valence-corrected chi connectivity index (χ3v) is 4.89. The van der Waals surface area contributed by atoms with Crippen LogP contribution in [0.3, 0.4) is 0 Å². The molecule has 0 aromatic heterocycles. The summed E-state index contributed by atoms with van der Waals surface area (Å²) in [4.78, 5) is 13.8. The minimum atomic E-state index is -0.124. The lowest BCUT2D eigenvalue weighted by atomic mass is 9.97. The van der Waals surface area contributed by atoms with Gasteiger partial charge in [0.1, 0.15) is 6.54 Å². The zero-order valence-electron chi connectivity index (χ0n) is 15.0. The Morgan fingerprint density at radius 3 is 2.36 bits per heavy atom. The first-order valence-electron chi connectivity index (χ1n) is 8.56. The summed E-state index contributed by atoms with van der Waals surface area (Å²) in [5, 5.41) is 3.00. The maximum atomic E-state index is 12.6. The van der Waals surface area contributed by atoms with E-state index in [0.29, 0.717) is 0 Å². The molecule has 1 unspecified atom stereocenters. The van der Waals surface area contributed by atoms with Crippen molar-refractivity contribution < 1.29 is 19.2 Å². The maximum Gasteiger partial charge on any atom is 0.282 e. The molecular formula is C20H25N2O3+. The van der Waals surface area contributed by atoms with Gasteiger partial charge in [0.25, 0.3) is 5.91 Å².